The maximum Gasteiger partial charge on any atom is 0.404 e. The molecule has 0 aliphatic rings. The summed E-state index contributed by atoms with van der Waals surface area (Å²) < 4.78 is 4.42. The minimum atomic E-state index is -0.854. The molecule has 1 atom stereocenters. The van der Waals surface area contributed by atoms with Gasteiger partial charge in [-0.3, -0.25) is 4.79 Å². The maximum atomic E-state index is 11.2. The molecule has 0 aromatic rings. The Morgan fingerprint density at radius 3 is 2.33 bits per heavy atom. The van der Waals surface area contributed by atoms with Crippen LogP contribution in [0.5, 0.6) is 0 Å². The van der Waals surface area contributed by atoms with Crippen LogP contribution in [0.2, 0.25) is 0 Å². The molecule has 0 aromatic carbocycles. The summed E-state index contributed by atoms with van der Waals surface area (Å²) in [7, 11) is 0. The standard InChI is InChI=1S/C8H17N3O3.ClH/c1-5(2)6(9)7(12)11-3-4-14-8(10)13;/h5-6H,3-4,9H2,1-2H3,(H2,10,13)(H,11,12);1H. The summed E-state index contributed by atoms with van der Waals surface area (Å²) >= 11 is 0. The van der Waals surface area contributed by atoms with Gasteiger partial charge in [-0.25, -0.2) is 4.79 Å². The number of hydrogen-bond donors (Lipinski definition) is 3. The normalized spacial score (nSPS) is 11.5. The topological polar surface area (TPSA) is 107 Å². The van der Waals surface area contributed by atoms with Crippen LogP contribution in [0.3, 0.4) is 0 Å². The Labute approximate surface area is 95.1 Å². The van der Waals surface area contributed by atoms with Crippen LogP contribution in [-0.4, -0.2) is 31.2 Å². The Morgan fingerprint density at radius 2 is 1.93 bits per heavy atom. The number of amides is 2. The quantitative estimate of drug-likeness (QED) is 0.568. The fourth-order valence-corrected chi connectivity index (χ4v) is 0.746. The van der Waals surface area contributed by atoms with Crippen molar-refractivity contribution in [3.63, 3.8) is 0 Å². The van der Waals surface area contributed by atoms with E-state index in [0.29, 0.717) is 0 Å². The van der Waals surface area contributed by atoms with Crippen molar-refractivity contribution in [3.8, 4) is 0 Å². The third kappa shape index (κ3) is 8.02. The number of hydrogen-bond acceptors (Lipinski definition) is 4. The molecule has 7 heteroatoms. The maximum absolute atomic E-state index is 11.2. The average molecular weight is 240 g/mol. The lowest BCUT2D eigenvalue weighted by Crippen LogP contribution is -2.45. The number of carbonyl (C=O) groups is 2. The van der Waals surface area contributed by atoms with Gasteiger partial charge in [0.25, 0.3) is 0 Å². The first-order valence-electron chi connectivity index (χ1n) is 4.40. The smallest absolute Gasteiger partial charge is 0.404 e. The molecule has 0 aliphatic carbocycles. The molecule has 1 unspecified atom stereocenters. The van der Waals surface area contributed by atoms with E-state index in [4.69, 9.17) is 11.5 Å². The van der Waals surface area contributed by atoms with Crippen LogP contribution in [0.25, 0.3) is 0 Å². The van der Waals surface area contributed by atoms with Crippen molar-refractivity contribution in [3.05, 3.63) is 0 Å². The number of nitrogens with one attached hydrogen (secondary N) is 1. The van der Waals surface area contributed by atoms with Crippen molar-refractivity contribution in [1.29, 1.82) is 0 Å². The molecular weight excluding hydrogens is 222 g/mol. The summed E-state index contributed by atoms with van der Waals surface area (Å²) in [6.07, 6.45) is -0.854. The summed E-state index contributed by atoms with van der Waals surface area (Å²) in [5, 5.41) is 2.52. The summed E-state index contributed by atoms with van der Waals surface area (Å²) in [4.78, 5) is 21.4. The first-order valence-corrected chi connectivity index (χ1v) is 4.40. The van der Waals surface area contributed by atoms with Crippen LogP contribution in [0, 0.1) is 5.92 Å². The molecule has 90 valence electrons. The van der Waals surface area contributed by atoms with Crippen LogP contribution in [-0.2, 0) is 9.53 Å². The Bertz CT molecular complexity index is 211. The molecule has 0 spiro atoms. The van der Waals surface area contributed by atoms with E-state index in [9.17, 15) is 9.59 Å². The lowest BCUT2D eigenvalue weighted by molar-refractivity contribution is -0.123. The monoisotopic (exact) mass is 239 g/mol. The molecule has 0 saturated carbocycles. The minimum absolute atomic E-state index is 0. The van der Waals surface area contributed by atoms with Gasteiger partial charge in [0.15, 0.2) is 0 Å². The van der Waals surface area contributed by atoms with Crippen molar-refractivity contribution >= 4 is 24.4 Å². The van der Waals surface area contributed by atoms with Crippen LogP contribution in [0.4, 0.5) is 4.79 Å². The Balaban J connectivity index is 0. The summed E-state index contributed by atoms with van der Waals surface area (Å²) in [6.45, 7) is 3.99. The Kier molecular flexibility index (Phi) is 9.10. The highest BCUT2D eigenvalue weighted by molar-refractivity contribution is 5.85. The lowest BCUT2D eigenvalue weighted by atomic mass is 10.1. The summed E-state index contributed by atoms with van der Waals surface area (Å²) in [5.41, 5.74) is 10.3. The molecule has 0 radical (unpaired) electrons. The number of halogens is 1. The van der Waals surface area contributed by atoms with Gasteiger partial charge in [-0.1, -0.05) is 13.8 Å². The second-order valence-electron chi connectivity index (χ2n) is 3.23. The number of primary amides is 1. The third-order valence-corrected chi connectivity index (χ3v) is 1.67. The zero-order valence-electron chi connectivity index (χ0n) is 8.86. The molecular formula is C8H18ClN3O3. The van der Waals surface area contributed by atoms with E-state index in [2.05, 4.69) is 10.1 Å². The van der Waals surface area contributed by atoms with Crippen molar-refractivity contribution in [2.75, 3.05) is 13.2 Å². The molecule has 0 heterocycles. The highest BCUT2D eigenvalue weighted by atomic mass is 35.5. The predicted octanol–water partition coefficient (Wildman–Crippen LogP) is -0.397. The van der Waals surface area contributed by atoms with Gasteiger partial charge in [-0.15, -0.1) is 12.4 Å². The predicted molar refractivity (Wildman–Crippen MR) is 58.6 cm³/mol. The Hall–Kier alpha value is -1.01. The number of carbonyl (C=O) groups excluding carboxylic acids is 2. The van der Waals surface area contributed by atoms with Crippen LogP contribution in [0.1, 0.15) is 13.8 Å². The summed E-state index contributed by atoms with van der Waals surface area (Å²) in [6, 6.07) is -0.538. The van der Waals surface area contributed by atoms with Gasteiger partial charge >= 0.3 is 6.09 Å². The van der Waals surface area contributed by atoms with E-state index >= 15 is 0 Å². The summed E-state index contributed by atoms with van der Waals surface area (Å²) in [5.74, 6) is -0.180. The molecule has 0 fully saturated rings. The van der Waals surface area contributed by atoms with Crippen molar-refractivity contribution in [1.82, 2.24) is 5.32 Å². The molecule has 0 rings (SSSR count). The van der Waals surface area contributed by atoms with Crippen molar-refractivity contribution in [2.45, 2.75) is 19.9 Å². The Morgan fingerprint density at radius 1 is 1.40 bits per heavy atom. The van der Waals surface area contributed by atoms with Gasteiger partial charge in [0, 0.05) is 0 Å². The van der Waals surface area contributed by atoms with Crippen LogP contribution in [0.15, 0.2) is 0 Å². The molecule has 5 N–H and O–H groups in total. The molecule has 6 nitrogen and oxygen atoms in total. The zero-order chi connectivity index (χ0) is 11.1. The largest absolute Gasteiger partial charge is 0.448 e. The van der Waals surface area contributed by atoms with E-state index in [0.717, 1.165) is 0 Å². The van der Waals surface area contributed by atoms with E-state index < -0.39 is 12.1 Å². The minimum Gasteiger partial charge on any atom is -0.448 e. The molecule has 0 aliphatic heterocycles. The van der Waals surface area contributed by atoms with Gasteiger partial charge in [0.1, 0.15) is 6.61 Å². The molecule has 0 saturated heterocycles. The SMILES string of the molecule is CC(C)C(N)C(=O)NCCOC(N)=O.Cl. The van der Waals surface area contributed by atoms with Crippen molar-refractivity contribution in [2.24, 2.45) is 17.4 Å². The van der Waals surface area contributed by atoms with Gasteiger partial charge in [0.05, 0.1) is 12.6 Å². The third-order valence-electron chi connectivity index (χ3n) is 1.67. The van der Waals surface area contributed by atoms with E-state index in [-0.39, 0.29) is 37.4 Å². The fraction of sp³-hybridized carbons (Fsp3) is 0.750. The molecule has 0 aromatic heterocycles. The first-order chi connectivity index (χ1) is 6.45. The number of nitrogens with two attached hydrogens (primary N) is 2. The highest BCUT2D eigenvalue weighted by Gasteiger charge is 2.16. The highest BCUT2D eigenvalue weighted by Crippen LogP contribution is 1.97. The van der Waals surface area contributed by atoms with Gasteiger partial charge in [0.2, 0.25) is 5.91 Å². The fourth-order valence-electron chi connectivity index (χ4n) is 0.746. The van der Waals surface area contributed by atoms with E-state index in [1.54, 1.807) is 0 Å². The first kappa shape index (κ1) is 16.4. The van der Waals surface area contributed by atoms with Gasteiger partial charge in [-0.05, 0) is 5.92 Å². The number of rotatable bonds is 5. The molecule has 15 heavy (non-hydrogen) atoms. The zero-order valence-corrected chi connectivity index (χ0v) is 9.67. The van der Waals surface area contributed by atoms with E-state index in [1.807, 2.05) is 13.8 Å². The van der Waals surface area contributed by atoms with Crippen LogP contribution >= 0.6 is 12.4 Å². The second kappa shape index (κ2) is 8.31. The average Bonchev–Trinajstić information content (AvgIpc) is 2.10. The molecule has 0 bridgehead atoms. The molecule has 2 amide bonds. The van der Waals surface area contributed by atoms with Crippen LogP contribution < -0.4 is 16.8 Å². The lowest BCUT2D eigenvalue weighted by Gasteiger charge is -2.14. The van der Waals surface area contributed by atoms with Crippen molar-refractivity contribution < 1.29 is 14.3 Å². The van der Waals surface area contributed by atoms with E-state index in [1.165, 1.54) is 0 Å². The number of ether oxygens (including phenoxy) is 1. The second-order valence-corrected chi connectivity index (χ2v) is 3.23. The van der Waals surface area contributed by atoms with Gasteiger partial charge < -0.3 is 21.5 Å². The van der Waals surface area contributed by atoms with Gasteiger partial charge in [-0.2, -0.15) is 0 Å².